The molecule has 0 N–H and O–H groups in total. The van der Waals surface area contributed by atoms with Gasteiger partial charge in [-0.15, -0.1) is 10.2 Å². The molecular weight excluding hydrogens is 196 g/mol. The highest BCUT2D eigenvalue weighted by atomic mass is 19.3. The standard InChI is InChI=1S/C7H9F2N3O2/c1-2-14-5(13)3-12-4-10-11-7(12)6(8)9/h4,6H,2-3H2,1H3. The Labute approximate surface area is 78.7 Å². The van der Waals surface area contributed by atoms with Gasteiger partial charge in [0.1, 0.15) is 12.9 Å². The number of carbonyl (C=O) groups is 1. The predicted octanol–water partition coefficient (Wildman–Crippen LogP) is 0.779. The van der Waals surface area contributed by atoms with Crippen molar-refractivity contribution in [1.82, 2.24) is 14.8 Å². The first-order chi connectivity index (χ1) is 6.65. The van der Waals surface area contributed by atoms with Crippen LogP contribution in [-0.2, 0) is 16.1 Å². The van der Waals surface area contributed by atoms with E-state index in [4.69, 9.17) is 0 Å². The van der Waals surface area contributed by atoms with Crippen molar-refractivity contribution in [2.45, 2.75) is 19.9 Å². The Balaban J connectivity index is 2.66. The SMILES string of the molecule is CCOC(=O)Cn1cnnc1C(F)F. The molecule has 7 heteroatoms. The molecule has 78 valence electrons. The van der Waals surface area contributed by atoms with Crippen LogP contribution in [0.25, 0.3) is 0 Å². The van der Waals surface area contributed by atoms with E-state index in [1.807, 2.05) is 0 Å². The maximum atomic E-state index is 12.2. The fourth-order valence-electron chi connectivity index (χ4n) is 0.900. The van der Waals surface area contributed by atoms with Crippen LogP contribution < -0.4 is 0 Å². The molecule has 0 unspecified atom stereocenters. The van der Waals surface area contributed by atoms with Gasteiger partial charge in [0.05, 0.1) is 6.61 Å². The van der Waals surface area contributed by atoms with Gasteiger partial charge in [-0.1, -0.05) is 0 Å². The summed E-state index contributed by atoms with van der Waals surface area (Å²) in [6.07, 6.45) is -1.68. The van der Waals surface area contributed by atoms with Gasteiger partial charge in [-0.2, -0.15) is 0 Å². The lowest BCUT2D eigenvalue weighted by atomic mass is 10.5. The van der Waals surface area contributed by atoms with Crippen LogP contribution in [0.1, 0.15) is 19.2 Å². The quantitative estimate of drug-likeness (QED) is 0.681. The lowest BCUT2D eigenvalue weighted by Crippen LogP contribution is -2.15. The van der Waals surface area contributed by atoms with Gasteiger partial charge in [0, 0.05) is 0 Å². The van der Waals surface area contributed by atoms with Crippen LogP contribution in [0.3, 0.4) is 0 Å². The van der Waals surface area contributed by atoms with Crippen molar-refractivity contribution in [1.29, 1.82) is 0 Å². The zero-order valence-electron chi connectivity index (χ0n) is 7.48. The van der Waals surface area contributed by atoms with Crippen molar-refractivity contribution < 1.29 is 18.3 Å². The van der Waals surface area contributed by atoms with Crippen molar-refractivity contribution in [3.05, 3.63) is 12.2 Å². The summed E-state index contributed by atoms with van der Waals surface area (Å²) < 4.78 is 30.0. The number of aromatic nitrogens is 3. The number of esters is 1. The molecule has 0 fully saturated rings. The fraction of sp³-hybridized carbons (Fsp3) is 0.571. The molecule has 1 rings (SSSR count). The number of ether oxygens (including phenoxy) is 1. The summed E-state index contributed by atoms with van der Waals surface area (Å²) >= 11 is 0. The molecule has 0 aliphatic carbocycles. The molecule has 14 heavy (non-hydrogen) atoms. The van der Waals surface area contributed by atoms with Crippen molar-refractivity contribution >= 4 is 5.97 Å². The first kappa shape index (κ1) is 10.6. The van der Waals surface area contributed by atoms with E-state index in [1.54, 1.807) is 6.92 Å². The Bertz CT molecular complexity index is 314. The van der Waals surface area contributed by atoms with Crippen molar-refractivity contribution in [3.8, 4) is 0 Å². The second-order valence-corrected chi connectivity index (χ2v) is 2.42. The lowest BCUT2D eigenvalue weighted by Gasteiger charge is -2.04. The molecule has 1 aromatic rings. The number of hydrogen-bond donors (Lipinski definition) is 0. The maximum absolute atomic E-state index is 12.2. The fourth-order valence-corrected chi connectivity index (χ4v) is 0.900. The molecule has 0 saturated carbocycles. The largest absolute Gasteiger partial charge is 0.465 e. The highest BCUT2D eigenvalue weighted by Gasteiger charge is 2.17. The van der Waals surface area contributed by atoms with Gasteiger partial charge in [-0.05, 0) is 6.92 Å². The second kappa shape index (κ2) is 4.64. The first-order valence-electron chi connectivity index (χ1n) is 3.96. The predicted molar refractivity (Wildman–Crippen MR) is 41.6 cm³/mol. The molecule has 1 aromatic heterocycles. The van der Waals surface area contributed by atoms with Gasteiger partial charge in [-0.3, -0.25) is 4.79 Å². The van der Waals surface area contributed by atoms with Crippen LogP contribution in [0.4, 0.5) is 8.78 Å². The van der Waals surface area contributed by atoms with Crippen LogP contribution in [0.15, 0.2) is 6.33 Å². The number of carbonyl (C=O) groups excluding carboxylic acids is 1. The Kier molecular flexibility index (Phi) is 3.49. The third kappa shape index (κ3) is 2.48. The average molecular weight is 205 g/mol. The van der Waals surface area contributed by atoms with E-state index in [0.29, 0.717) is 0 Å². The molecule has 0 aliphatic rings. The molecule has 0 atom stereocenters. The molecule has 1 heterocycles. The third-order valence-electron chi connectivity index (χ3n) is 1.45. The van der Waals surface area contributed by atoms with Crippen LogP contribution in [0, 0.1) is 0 Å². The highest BCUT2D eigenvalue weighted by molar-refractivity contribution is 5.69. The monoisotopic (exact) mass is 205 g/mol. The Hall–Kier alpha value is -1.53. The highest BCUT2D eigenvalue weighted by Crippen LogP contribution is 2.14. The van der Waals surface area contributed by atoms with Crippen LogP contribution in [0.2, 0.25) is 0 Å². The minimum Gasteiger partial charge on any atom is -0.465 e. The van der Waals surface area contributed by atoms with Crippen LogP contribution >= 0.6 is 0 Å². The molecule has 0 radical (unpaired) electrons. The van der Waals surface area contributed by atoms with E-state index >= 15 is 0 Å². The zero-order valence-corrected chi connectivity index (χ0v) is 7.48. The molecule has 0 amide bonds. The topological polar surface area (TPSA) is 57.0 Å². The molecule has 0 bridgehead atoms. The second-order valence-electron chi connectivity index (χ2n) is 2.42. The molecule has 0 aromatic carbocycles. The number of alkyl halides is 2. The first-order valence-corrected chi connectivity index (χ1v) is 3.96. The van der Waals surface area contributed by atoms with E-state index in [9.17, 15) is 13.6 Å². The number of nitrogens with zero attached hydrogens (tertiary/aromatic N) is 3. The van der Waals surface area contributed by atoms with E-state index in [-0.39, 0.29) is 13.2 Å². The van der Waals surface area contributed by atoms with E-state index < -0.39 is 18.2 Å². The van der Waals surface area contributed by atoms with Crippen molar-refractivity contribution in [3.63, 3.8) is 0 Å². The minimum absolute atomic E-state index is 0.213. The smallest absolute Gasteiger partial charge is 0.326 e. The zero-order chi connectivity index (χ0) is 10.6. The Morgan fingerprint density at radius 1 is 1.71 bits per heavy atom. The van der Waals surface area contributed by atoms with Gasteiger partial charge in [0.25, 0.3) is 6.43 Å². The normalized spacial score (nSPS) is 10.6. The summed E-state index contributed by atoms with van der Waals surface area (Å²) in [6, 6.07) is 0. The summed E-state index contributed by atoms with van der Waals surface area (Å²) in [4.78, 5) is 10.9. The Morgan fingerprint density at radius 3 is 3.00 bits per heavy atom. The lowest BCUT2D eigenvalue weighted by molar-refractivity contribution is -0.143. The number of rotatable bonds is 4. The van der Waals surface area contributed by atoms with E-state index in [1.165, 1.54) is 0 Å². The molecule has 0 aliphatic heterocycles. The molecule has 0 spiro atoms. The van der Waals surface area contributed by atoms with Gasteiger partial charge >= 0.3 is 5.97 Å². The van der Waals surface area contributed by atoms with Crippen molar-refractivity contribution in [2.24, 2.45) is 0 Å². The number of halogens is 2. The Morgan fingerprint density at radius 2 is 2.43 bits per heavy atom. The van der Waals surface area contributed by atoms with E-state index in [2.05, 4.69) is 14.9 Å². The summed E-state index contributed by atoms with van der Waals surface area (Å²) in [5.41, 5.74) is 0. The summed E-state index contributed by atoms with van der Waals surface area (Å²) in [6.45, 7) is 1.56. The average Bonchev–Trinajstić information content (AvgIpc) is 2.52. The molecule has 5 nitrogen and oxygen atoms in total. The minimum atomic E-state index is -2.74. The summed E-state index contributed by atoms with van der Waals surface area (Å²) in [5.74, 6) is -1.12. The summed E-state index contributed by atoms with van der Waals surface area (Å²) in [5, 5.41) is 6.47. The van der Waals surface area contributed by atoms with Crippen LogP contribution in [-0.4, -0.2) is 27.3 Å². The van der Waals surface area contributed by atoms with Gasteiger partial charge in [-0.25, -0.2) is 8.78 Å². The van der Waals surface area contributed by atoms with Crippen LogP contribution in [0.5, 0.6) is 0 Å². The van der Waals surface area contributed by atoms with Gasteiger partial charge in [0.2, 0.25) is 5.82 Å². The maximum Gasteiger partial charge on any atom is 0.326 e. The molecular formula is C7H9F2N3O2. The van der Waals surface area contributed by atoms with Gasteiger partial charge < -0.3 is 9.30 Å². The number of hydrogen-bond acceptors (Lipinski definition) is 4. The third-order valence-corrected chi connectivity index (χ3v) is 1.45. The summed E-state index contributed by atoms with van der Waals surface area (Å²) in [7, 11) is 0. The van der Waals surface area contributed by atoms with Crippen molar-refractivity contribution in [2.75, 3.05) is 6.61 Å². The van der Waals surface area contributed by atoms with E-state index in [0.717, 1.165) is 10.9 Å². The van der Waals surface area contributed by atoms with Gasteiger partial charge in [0.15, 0.2) is 0 Å². The molecule has 0 saturated heterocycles.